The van der Waals surface area contributed by atoms with Crippen LogP contribution in [0, 0.1) is 6.92 Å². The van der Waals surface area contributed by atoms with Crippen LogP contribution >= 0.6 is 0 Å². The molecule has 0 bridgehead atoms. The number of hydrogen-bond acceptors (Lipinski definition) is 3. The van der Waals surface area contributed by atoms with Gasteiger partial charge in [0.15, 0.2) is 0 Å². The molecule has 0 radical (unpaired) electrons. The topological polar surface area (TPSA) is 50.2 Å². The zero-order valence-corrected chi connectivity index (χ0v) is 10.5. The fourth-order valence-electron chi connectivity index (χ4n) is 2.21. The van der Waals surface area contributed by atoms with Crippen molar-refractivity contribution in [3.63, 3.8) is 0 Å². The number of nitrogens with zero attached hydrogens (tertiary/aromatic N) is 3. The van der Waals surface area contributed by atoms with E-state index in [0.717, 1.165) is 38.2 Å². The monoisotopic (exact) mass is 236 g/mol. The number of hydrogen-bond donors (Lipinski definition) is 1. The summed E-state index contributed by atoms with van der Waals surface area (Å²) in [6.07, 6.45) is 4.76. The average molecular weight is 236 g/mol. The second-order valence-corrected chi connectivity index (χ2v) is 4.50. The van der Waals surface area contributed by atoms with Gasteiger partial charge in [-0.15, -0.1) is 0 Å². The van der Waals surface area contributed by atoms with Crippen molar-refractivity contribution < 1.29 is 4.79 Å². The van der Waals surface area contributed by atoms with E-state index in [4.69, 9.17) is 0 Å². The highest BCUT2D eigenvalue weighted by molar-refractivity contribution is 5.83. The van der Waals surface area contributed by atoms with Gasteiger partial charge in [0.2, 0.25) is 5.91 Å². The molecule has 1 amide bonds. The molecule has 1 saturated heterocycles. The molecule has 1 unspecified atom stereocenters. The van der Waals surface area contributed by atoms with E-state index in [1.165, 1.54) is 0 Å². The number of aromatic nitrogens is 2. The summed E-state index contributed by atoms with van der Waals surface area (Å²) >= 11 is 0. The number of amides is 1. The first-order valence-corrected chi connectivity index (χ1v) is 6.22. The molecule has 0 spiro atoms. The molecule has 0 aliphatic carbocycles. The van der Waals surface area contributed by atoms with Crippen LogP contribution in [0.1, 0.15) is 18.9 Å². The van der Waals surface area contributed by atoms with E-state index < -0.39 is 0 Å². The number of likely N-dealkylation sites (tertiary alicyclic amines) is 1. The van der Waals surface area contributed by atoms with Crippen LogP contribution in [-0.4, -0.2) is 46.3 Å². The van der Waals surface area contributed by atoms with E-state index in [-0.39, 0.29) is 11.9 Å². The molecule has 17 heavy (non-hydrogen) atoms. The van der Waals surface area contributed by atoms with Crippen LogP contribution in [0.5, 0.6) is 0 Å². The number of carbonyl (C=O) groups is 1. The summed E-state index contributed by atoms with van der Waals surface area (Å²) in [6, 6.07) is 0.0272. The normalized spacial score (nSPS) is 20.2. The summed E-state index contributed by atoms with van der Waals surface area (Å²) in [4.78, 5) is 13.9. The largest absolute Gasteiger partial charge is 0.339 e. The van der Waals surface area contributed by atoms with E-state index in [0.29, 0.717) is 0 Å². The van der Waals surface area contributed by atoms with Gasteiger partial charge >= 0.3 is 0 Å². The van der Waals surface area contributed by atoms with Gasteiger partial charge in [-0.25, -0.2) is 0 Å². The van der Waals surface area contributed by atoms with Crippen LogP contribution in [0.25, 0.3) is 0 Å². The van der Waals surface area contributed by atoms with Crippen LogP contribution in [0.4, 0.5) is 0 Å². The molecule has 2 rings (SSSR count). The van der Waals surface area contributed by atoms with Crippen LogP contribution in [0.2, 0.25) is 0 Å². The maximum Gasteiger partial charge on any atom is 0.239 e. The number of nitrogens with one attached hydrogen (secondary N) is 1. The maximum absolute atomic E-state index is 12.0. The highest BCUT2D eigenvalue weighted by atomic mass is 16.2. The quantitative estimate of drug-likeness (QED) is 0.805. The minimum atomic E-state index is 0.0272. The van der Waals surface area contributed by atoms with Crippen molar-refractivity contribution in [3.8, 4) is 0 Å². The lowest BCUT2D eigenvalue weighted by Gasteiger charge is -2.16. The minimum absolute atomic E-state index is 0.0272. The van der Waals surface area contributed by atoms with Crippen molar-refractivity contribution in [3.05, 3.63) is 18.0 Å². The van der Waals surface area contributed by atoms with Crippen molar-refractivity contribution in [1.29, 1.82) is 0 Å². The first kappa shape index (κ1) is 12.1. The van der Waals surface area contributed by atoms with Crippen LogP contribution in [0.15, 0.2) is 12.4 Å². The Morgan fingerprint density at radius 2 is 2.35 bits per heavy atom. The fraction of sp³-hybridized carbons (Fsp3) is 0.667. The van der Waals surface area contributed by atoms with Gasteiger partial charge in [-0.2, -0.15) is 5.10 Å². The Bertz CT molecular complexity index is 388. The third-order valence-electron chi connectivity index (χ3n) is 3.11. The van der Waals surface area contributed by atoms with Gasteiger partial charge in [0.05, 0.1) is 18.8 Å². The number of aryl methyl sites for hydroxylation is 1. The lowest BCUT2D eigenvalue weighted by Crippen LogP contribution is -2.39. The summed E-state index contributed by atoms with van der Waals surface area (Å²) < 4.78 is 1.89. The molecule has 1 aromatic rings. The van der Waals surface area contributed by atoms with E-state index in [9.17, 15) is 4.79 Å². The fourth-order valence-corrected chi connectivity index (χ4v) is 2.21. The molecule has 0 saturated carbocycles. The zero-order chi connectivity index (χ0) is 12.3. The Balaban J connectivity index is 1.82. The van der Waals surface area contributed by atoms with Gasteiger partial charge in [-0.1, -0.05) is 6.92 Å². The maximum atomic E-state index is 12.0. The first-order chi connectivity index (χ1) is 8.20. The highest BCUT2D eigenvalue weighted by Crippen LogP contribution is 2.10. The van der Waals surface area contributed by atoms with Gasteiger partial charge in [0, 0.05) is 19.3 Å². The van der Waals surface area contributed by atoms with Crippen LogP contribution in [-0.2, 0) is 11.3 Å². The molecule has 0 aromatic carbocycles. The molecule has 94 valence electrons. The predicted octanol–water partition coefficient (Wildman–Crippen LogP) is 0.402. The Hall–Kier alpha value is -1.36. The molecule has 2 heterocycles. The Morgan fingerprint density at radius 1 is 1.53 bits per heavy atom. The summed E-state index contributed by atoms with van der Waals surface area (Å²) in [5.74, 6) is 0.232. The third-order valence-corrected chi connectivity index (χ3v) is 3.11. The lowest BCUT2D eigenvalue weighted by molar-refractivity contribution is -0.129. The van der Waals surface area contributed by atoms with Crippen molar-refractivity contribution in [1.82, 2.24) is 20.0 Å². The summed E-state index contributed by atoms with van der Waals surface area (Å²) in [7, 11) is 0. The van der Waals surface area contributed by atoms with Crippen LogP contribution < -0.4 is 5.32 Å². The van der Waals surface area contributed by atoms with Crippen LogP contribution in [0.3, 0.4) is 0 Å². The molecule has 1 N–H and O–H groups in total. The molecule has 5 nitrogen and oxygen atoms in total. The van der Waals surface area contributed by atoms with Gasteiger partial charge in [-0.05, 0) is 25.5 Å². The van der Waals surface area contributed by atoms with Crippen molar-refractivity contribution in [2.45, 2.75) is 32.9 Å². The number of likely N-dealkylation sites (N-methyl/N-ethyl adjacent to an activating group) is 1. The summed E-state index contributed by atoms with van der Waals surface area (Å²) in [6.45, 7) is 7.29. The zero-order valence-electron chi connectivity index (χ0n) is 10.5. The minimum Gasteiger partial charge on any atom is -0.339 e. The van der Waals surface area contributed by atoms with Crippen molar-refractivity contribution in [2.24, 2.45) is 0 Å². The molecule has 5 heteroatoms. The number of rotatable bonds is 5. The SMILES string of the molecule is CCNC1CCN(CCn2cc(C)cn2)C1=O. The lowest BCUT2D eigenvalue weighted by atomic mass is 10.2. The average Bonchev–Trinajstić information content (AvgIpc) is 2.86. The standard InChI is InChI=1S/C12H20N4O/c1-3-13-11-4-5-15(12(11)17)6-7-16-9-10(2)8-14-16/h8-9,11,13H,3-7H2,1-2H3. The predicted molar refractivity (Wildman–Crippen MR) is 65.6 cm³/mol. The van der Waals surface area contributed by atoms with Gasteiger partial charge in [0.1, 0.15) is 0 Å². The number of carbonyl (C=O) groups excluding carboxylic acids is 1. The summed E-state index contributed by atoms with van der Waals surface area (Å²) in [5.41, 5.74) is 1.16. The molecule has 1 fully saturated rings. The second-order valence-electron chi connectivity index (χ2n) is 4.50. The third kappa shape index (κ3) is 2.85. The Labute approximate surface area is 102 Å². The van der Waals surface area contributed by atoms with Gasteiger partial charge < -0.3 is 10.2 Å². The van der Waals surface area contributed by atoms with E-state index in [2.05, 4.69) is 10.4 Å². The van der Waals surface area contributed by atoms with E-state index in [1.54, 1.807) is 0 Å². The van der Waals surface area contributed by atoms with Gasteiger partial charge in [0.25, 0.3) is 0 Å². The summed E-state index contributed by atoms with van der Waals surface area (Å²) in [5, 5.41) is 7.43. The molecular formula is C12H20N4O. The first-order valence-electron chi connectivity index (χ1n) is 6.22. The Kier molecular flexibility index (Phi) is 3.78. The molecule has 1 aliphatic rings. The Morgan fingerprint density at radius 3 is 3.00 bits per heavy atom. The molecule has 1 aliphatic heterocycles. The highest BCUT2D eigenvalue weighted by Gasteiger charge is 2.30. The van der Waals surface area contributed by atoms with Crippen molar-refractivity contribution in [2.75, 3.05) is 19.6 Å². The molecule has 1 atom stereocenters. The second kappa shape index (κ2) is 5.31. The van der Waals surface area contributed by atoms with Crippen molar-refractivity contribution >= 4 is 5.91 Å². The van der Waals surface area contributed by atoms with E-state index >= 15 is 0 Å². The van der Waals surface area contributed by atoms with Gasteiger partial charge in [-0.3, -0.25) is 9.48 Å². The molecular weight excluding hydrogens is 216 g/mol. The molecule has 1 aromatic heterocycles. The van der Waals surface area contributed by atoms with E-state index in [1.807, 2.05) is 35.8 Å². The smallest absolute Gasteiger partial charge is 0.239 e.